The first kappa shape index (κ1) is 14.0. The second kappa shape index (κ2) is 5.43. The second-order valence-electron chi connectivity index (χ2n) is 5.84. The van der Waals surface area contributed by atoms with Crippen molar-refractivity contribution in [3.8, 4) is 0 Å². The molecular formula is C17H19NO3. The Bertz CT molecular complexity index is 608. The van der Waals surface area contributed by atoms with Gasteiger partial charge in [0, 0.05) is 24.3 Å². The van der Waals surface area contributed by atoms with E-state index in [1.54, 1.807) is 6.07 Å². The van der Waals surface area contributed by atoms with Gasteiger partial charge < -0.3 is 0 Å². The highest BCUT2D eigenvalue weighted by molar-refractivity contribution is 6.06. The number of hydrogen-bond donors (Lipinski definition) is 0. The van der Waals surface area contributed by atoms with Crippen molar-refractivity contribution in [3.63, 3.8) is 0 Å². The van der Waals surface area contributed by atoms with Crippen LogP contribution in [-0.4, -0.2) is 28.5 Å². The van der Waals surface area contributed by atoms with Gasteiger partial charge in [-0.1, -0.05) is 19.1 Å². The molecule has 1 saturated carbocycles. The summed E-state index contributed by atoms with van der Waals surface area (Å²) in [6, 6.07) is 7.18. The molecule has 1 aromatic carbocycles. The molecule has 1 aromatic rings. The number of carbonyl (C=O) groups excluding carboxylic acids is 3. The summed E-state index contributed by atoms with van der Waals surface area (Å²) in [6.07, 6.45) is 2.85. The Hall–Kier alpha value is -1.97. The standard InChI is InChI=1S/C17H19NO3/c1-2-11-4-3-5-12(10-11)17(21)18-14-7-8-15(19)13(14)6-9-16(18)20/h3-5,10,13-14H,2,6-9H2,1H3. The molecule has 0 aromatic heterocycles. The molecule has 1 saturated heterocycles. The number of Topliss-reactive ketones (excluding diaryl/α,β-unsaturated/α-hetero) is 1. The zero-order chi connectivity index (χ0) is 15.0. The molecule has 3 rings (SSSR count). The average Bonchev–Trinajstić information content (AvgIpc) is 2.88. The summed E-state index contributed by atoms with van der Waals surface area (Å²) in [6.45, 7) is 2.03. The van der Waals surface area contributed by atoms with Gasteiger partial charge >= 0.3 is 0 Å². The molecule has 4 nitrogen and oxygen atoms in total. The summed E-state index contributed by atoms with van der Waals surface area (Å²) in [5.74, 6) is -0.328. The topological polar surface area (TPSA) is 54.5 Å². The average molecular weight is 285 g/mol. The van der Waals surface area contributed by atoms with Crippen LogP contribution in [0.4, 0.5) is 0 Å². The summed E-state index contributed by atoms with van der Waals surface area (Å²) in [7, 11) is 0. The lowest BCUT2D eigenvalue weighted by molar-refractivity contribution is -0.135. The maximum absolute atomic E-state index is 12.7. The van der Waals surface area contributed by atoms with E-state index in [4.69, 9.17) is 0 Å². The number of nitrogens with zero attached hydrogens (tertiary/aromatic N) is 1. The van der Waals surface area contributed by atoms with Gasteiger partial charge in [-0.05, 0) is 37.0 Å². The number of likely N-dealkylation sites (tertiary alicyclic amines) is 1. The largest absolute Gasteiger partial charge is 0.299 e. The van der Waals surface area contributed by atoms with E-state index >= 15 is 0 Å². The predicted octanol–water partition coefficient (Wildman–Crippen LogP) is 2.36. The molecule has 2 fully saturated rings. The van der Waals surface area contributed by atoms with Crippen LogP contribution in [0.3, 0.4) is 0 Å². The SMILES string of the molecule is CCc1cccc(C(=O)N2C(=O)CCC3C(=O)CCC32)c1. The van der Waals surface area contributed by atoms with Crippen molar-refractivity contribution < 1.29 is 14.4 Å². The highest BCUT2D eigenvalue weighted by Gasteiger charge is 2.46. The van der Waals surface area contributed by atoms with E-state index in [1.165, 1.54) is 4.90 Å². The van der Waals surface area contributed by atoms with Crippen molar-refractivity contribution in [2.45, 2.75) is 45.1 Å². The summed E-state index contributed by atoms with van der Waals surface area (Å²) < 4.78 is 0. The quantitative estimate of drug-likeness (QED) is 0.784. The molecule has 2 aliphatic rings. The molecule has 1 heterocycles. The van der Waals surface area contributed by atoms with Gasteiger partial charge in [-0.25, -0.2) is 0 Å². The van der Waals surface area contributed by atoms with Crippen LogP contribution >= 0.6 is 0 Å². The Morgan fingerprint density at radius 3 is 2.81 bits per heavy atom. The lowest BCUT2D eigenvalue weighted by Gasteiger charge is -2.35. The molecule has 110 valence electrons. The van der Waals surface area contributed by atoms with Crippen LogP contribution in [0.25, 0.3) is 0 Å². The van der Waals surface area contributed by atoms with E-state index in [0.717, 1.165) is 12.0 Å². The van der Waals surface area contributed by atoms with Crippen LogP contribution in [0.2, 0.25) is 0 Å². The number of piperidine rings is 1. The number of fused-ring (bicyclic) bond motifs is 1. The lowest BCUT2D eigenvalue weighted by atomic mass is 9.90. The zero-order valence-corrected chi connectivity index (χ0v) is 12.2. The summed E-state index contributed by atoms with van der Waals surface area (Å²) in [5, 5.41) is 0. The molecule has 0 spiro atoms. The minimum atomic E-state index is -0.250. The number of imide groups is 1. The normalized spacial score (nSPS) is 25.1. The Morgan fingerprint density at radius 1 is 1.24 bits per heavy atom. The van der Waals surface area contributed by atoms with E-state index in [1.807, 2.05) is 25.1 Å². The molecule has 0 N–H and O–H groups in total. The minimum absolute atomic E-state index is 0.138. The number of hydrogen-bond acceptors (Lipinski definition) is 3. The van der Waals surface area contributed by atoms with Crippen LogP contribution in [0, 0.1) is 5.92 Å². The van der Waals surface area contributed by atoms with Gasteiger partial charge in [0.2, 0.25) is 5.91 Å². The second-order valence-corrected chi connectivity index (χ2v) is 5.84. The lowest BCUT2D eigenvalue weighted by Crippen LogP contribution is -2.50. The van der Waals surface area contributed by atoms with Crippen LogP contribution in [0.5, 0.6) is 0 Å². The zero-order valence-electron chi connectivity index (χ0n) is 12.2. The van der Waals surface area contributed by atoms with Crippen LogP contribution in [-0.2, 0) is 16.0 Å². The molecule has 0 radical (unpaired) electrons. The maximum Gasteiger partial charge on any atom is 0.260 e. The van der Waals surface area contributed by atoms with E-state index in [2.05, 4.69) is 0 Å². The molecule has 2 atom stereocenters. The molecule has 21 heavy (non-hydrogen) atoms. The number of rotatable bonds is 2. The van der Waals surface area contributed by atoms with Crippen molar-refractivity contribution in [1.29, 1.82) is 0 Å². The van der Waals surface area contributed by atoms with E-state index in [-0.39, 0.29) is 29.6 Å². The fourth-order valence-electron chi connectivity index (χ4n) is 3.47. The fraction of sp³-hybridized carbons (Fsp3) is 0.471. The van der Waals surface area contributed by atoms with Crippen molar-refractivity contribution in [1.82, 2.24) is 4.90 Å². The summed E-state index contributed by atoms with van der Waals surface area (Å²) >= 11 is 0. The van der Waals surface area contributed by atoms with E-state index in [0.29, 0.717) is 31.2 Å². The van der Waals surface area contributed by atoms with E-state index in [9.17, 15) is 14.4 Å². The van der Waals surface area contributed by atoms with Gasteiger partial charge in [0.1, 0.15) is 5.78 Å². The fourth-order valence-corrected chi connectivity index (χ4v) is 3.47. The van der Waals surface area contributed by atoms with Gasteiger partial charge in [-0.15, -0.1) is 0 Å². The smallest absolute Gasteiger partial charge is 0.260 e. The van der Waals surface area contributed by atoms with Crippen LogP contribution < -0.4 is 0 Å². The number of amides is 2. The molecule has 4 heteroatoms. The Morgan fingerprint density at radius 2 is 2.05 bits per heavy atom. The third-order valence-electron chi connectivity index (χ3n) is 4.64. The van der Waals surface area contributed by atoms with Crippen molar-refractivity contribution in [2.24, 2.45) is 5.92 Å². The van der Waals surface area contributed by atoms with E-state index < -0.39 is 0 Å². The van der Waals surface area contributed by atoms with Crippen LogP contribution in [0.1, 0.15) is 48.5 Å². The van der Waals surface area contributed by atoms with Gasteiger partial charge in [-0.2, -0.15) is 0 Å². The third kappa shape index (κ3) is 2.39. The molecule has 2 amide bonds. The molecule has 1 aliphatic carbocycles. The highest BCUT2D eigenvalue weighted by atomic mass is 16.2. The highest BCUT2D eigenvalue weighted by Crippen LogP contribution is 2.35. The molecular weight excluding hydrogens is 266 g/mol. The van der Waals surface area contributed by atoms with Crippen LogP contribution in [0.15, 0.2) is 24.3 Å². The van der Waals surface area contributed by atoms with Gasteiger partial charge in [-0.3, -0.25) is 19.3 Å². The van der Waals surface area contributed by atoms with Crippen molar-refractivity contribution in [2.75, 3.05) is 0 Å². The minimum Gasteiger partial charge on any atom is -0.299 e. The predicted molar refractivity (Wildman–Crippen MR) is 77.7 cm³/mol. The Balaban J connectivity index is 1.91. The monoisotopic (exact) mass is 285 g/mol. The first-order chi connectivity index (χ1) is 10.1. The summed E-state index contributed by atoms with van der Waals surface area (Å²) in [4.78, 5) is 38.2. The van der Waals surface area contributed by atoms with Crippen molar-refractivity contribution in [3.05, 3.63) is 35.4 Å². The first-order valence-corrected chi connectivity index (χ1v) is 7.60. The first-order valence-electron chi connectivity index (χ1n) is 7.60. The molecule has 0 bridgehead atoms. The Kier molecular flexibility index (Phi) is 3.62. The maximum atomic E-state index is 12.7. The van der Waals surface area contributed by atoms with Gasteiger partial charge in [0.05, 0.1) is 6.04 Å². The number of ketones is 1. The third-order valence-corrected chi connectivity index (χ3v) is 4.64. The number of benzene rings is 1. The van der Waals surface area contributed by atoms with Gasteiger partial charge in [0.25, 0.3) is 5.91 Å². The molecule has 1 aliphatic heterocycles. The molecule has 2 unspecified atom stereocenters. The number of aryl methyl sites for hydroxylation is 1. The summed E-state index contributed by atoms with van der Waals surface area (Å²) in [5.41, 5.74) is 1.62. The van der Waals surface area contributed by atoms with Crippen molar-refractivity contribution >= 4 is 17.6 Å². The Labute approximate surface area is 124 Å². The van der Waals surface area contributed by atoms with Gasteiger partial charge in [0.15, 0.2) is 0 Å². The number of carbonyl (C=O) groups is 3.